The first-order chi connectivity index (χ1) is 9.13. The molecule has 1 N–H and O–H groups in total. The number of hydrogen-bond donors (Lipinski definition) is 1. The Kier molecular flexibility index (Phi) is 4.37. The maximum absolute atomic E-state index is 11.1. The van der Waals surface area contributed by atoms with Crippen LogP contribution in [0.5, 0.6) is 5.75 Å². The normalized spacial score (nSPS) is 21.8. The third-order valence-electron chi connectivity index (χ3n) is 3.51. The summed E-state index contributed by atoms with van der Waals surface area (Å²) < 4.78 is 5.74. The van der Waals surface area contributed by atoms with E-state index in [-0.39, 0.29) is 16.7 Å². The lowest BCUT2D eigenvalue weighted by molar-refractivity contribution is -0.386. The highest BCUT2D eigenvalue weighted by Gasteiger charge is 2.31. The summed E-state index contributed by atoms with van der Waals surface area (Å²) in [7, 11) is 0. The lowest BCUT2D eigenvalue weighted by Gasteiger charge is -2.35. The largest absolute Gasteiger partial charge is 0.483 e. The first-order valence-corrected chi connectivity index (χ1v) is 6.81. The van der Waals surface area contributed by atoms with E-state index in [2.05, 4.69) is 12.2 Å². The minimum absolute atomic E-state index is 0.0752. The van der Waals surface area contributed by atoms with Gasteiger partial charge in [0.15, 0.2) is 5.75 Å². The quantitative estimate of drug-likeness (QED) is 0.633. The first kappa shape index (κ1) is 13.8. The lowest BCUT2D eigenvalue weighted by atomic mass is 9.89. The van der Waals surface area contributed by atoms with E-state index in [1.54, 1.807) is 12.1 Å². The number of hydrogen-bond acceptors (Lipinski definition) is 4. The number of ether oxygens (including phenoxy) is 1. The topological polar surface area (TPSA) is 64.4 Å². The zero-order valence-electron chi connectivity index (χ0n) is 11.4. The van der Waals surface area contributed by atoms with Gasteiger partial charge in [-0.15, -0.1) is 0 Å². The molecule has 0 spiro atoms. The van der Waals surface area contributed by atoms with Gasteiger partial charge in [0.05, 0.1) is 4.92 Å². The van der Waals surface area contributed by atoms with E-state index >= 15 is 0 Å². The number of aryl methyl sites for hydroxylation is 1. The van der Waals surface area contributed by atoms with Gasteiger partial charge >= 0.3 is 5.69 Å². The SMILES string of the molecule is CCNC1CC(Oc2ccc(CC)cc2[N+](=O)[O-])C1. The lowest BCUT2D eigenvalue weighted by Crippen LogP contribution is -2.46. The molecule has 0 aliphatic heterocycles. The third kappa shape index (κ3) is 3.23. The molecule has 0 radical (unpaired) electrons. The van der Waals surface area contributed by atoms with Gasteiger partial charge in [-0.1, -0.05) is 19.9 Å². The van der Waals surface area contributed by atoms with E-state index in [1.807, 2.05) is 13.0 Å². The maximum Gasteiger partial charge on any atom is 0.311 e. The molecule has 19 heavy (non-hydrogen) atoms. The molecule has 1 fully saturated rings. The van der Waals surface area contributed by atoms with Crippen LogP contribution in [-0.2, 0) is 6.42 Å². The molecule has 0 unspecified atom stereocenters. The van der Waals surface area contributed by atoms with Crippen LogP contribution in [-0.4, -0.2) is 23.6 Å². The van der Waals surface area contributed by atoms with Crippen LogP contribution < -0.4 is 10.1 Å². The Bertz CT molecular complexity index is 456. The molecule has 0 bridgehead atoms. The molecule has 1 aliphatic carbocycles. The zero-order chi connectivity index (χ0) is 13.8. The molecule has 1 aromatic rings. The van der Waals surface area contributed by atoms with Crippen LogP contribution in [0.15, 0.2) is 18.2 Å². The molecule has 0 aromatic heterocycles. The first-order valence-electron chi connectivity index (χ1n) is 6.81. The van der Waals surface area contributed by atoms with Gasteiger partial charge in [0, 0.05) is 12.1 Å². The standard InChI is InChI=1S/C14H20N2O3/c1-3-10-5-6-14(13(7-10)16(17)18)19-12-8-11(9-12)15-4-2/h5-7,11-12,15H,3-4,8-9H2,1-2H3. The Hall–Kier alpha value is -1.62. The van der Waals surface area contributed by atoms with Gasteiger partial charge in [0.2, 0.25) is 0 Å². The molecular weight excluding hydrogens is 244 g/mol. The number of nitro groups is 1. The van der Waals surface area contributed by atoms with Crippen molar-refractivity contribution >= 4 is 5.69 Å². The molecule has 1 saturated carbocycles. The molecule has 0 heterocycles. The van der Waals surface area contributed by atoms with Crippen molar-refractivity contribution in [2.75, 3.05) is 6.54 Å². The Balaban J connectivity index is 2.02. The number of nitrogens with zero attached hydrogens (tertiary/aromatic N) is 1. The fourth-order valence-electron chi connectivity index (χ4n) is 2.32. The molecule has 104 valence electrons. The Morgan fingerprint density at radius 2 is 2.16 bits per heavy atom. The molecule has 1 aliphatic rings. The van der Waals surface area contributed by atoms with Crippen molar-refractivity contribution in [2.45, 2.75) is 45.3 Å². The van der Waals surface area contributed by atoms with E-state index < -0.39 is 0 Å². The highest BCUT2D eigenvalue weighted by atomic mass is 16.6. The summed E-state index contributed by atoms with van der Waals surface area (Å²) in [5.74, 6) is 0.391. The molecule has 2 rings (SSSR count). The van der Waals surface area contributed by atoms with Gasteiger partial charge in [0.1, 0.15) is 6.10 Å². The van der Waals surface area contributed by atoms with Crippen LogP contribution in [0.4, 0.5) is 5.69 Å². The van der Waals surface area contributed by atoms with Crippen molar-refractivity contribution in [1.82, 2.24) is 5.32 Å². The smallest absolute Gasteiger partial charge is 0.311 e. The van der Waals surface area contributed by atoms with Crippen LogP contribution in [0.25, 0.3) is 0 Å². The Morgan fingerprint density at radius 3 is 2.74 bits per heavy atom. The van der Waals surface area contributed by atoms with Crippen molar-refractivity contribution < 1.29 is 9.66 Å². The molecule has 0 saturated heterocycles. The van der Waals surface area contributed by atoms with Crippen molar-refractivity contribution in [3.63, 3.8) is 0 Å². The fourth-order valence-corrected chi connectivity index (χ4v) is 2.32. The summed E-state index contributed by atoms with van der Waals surface area (Å²) in [4.78, 5) is 10.7. The van der Waals surface area contributed by atoms with Gasteiger partial charge in [-0.25, -0.2) is 0 Å². The minimum Gasteiger partial charge on any atom is -0.483 e. The van der Waals surface area contributed by atoms with E-state index in [9.17, 15) is 10.1 Å². The second kappa shape index (κ2) is 6.02. The average Bonchev–Trinajstić information content (AvgIpc) is 2.36. The zero-order valence-corrected chi connectivity index (χ0v) is 11.4. The highest BCUT2D eigenvalue weighted by molar-refractivity contribution is 5.48. The average molecular weight is 264 g/mol. The van der Waals surface area contributed by atoms with Crippen molar-refractivity contribution in [3.8, 4) is 5.75 Å². The minimum atomic E-state index is -0.366. The number of nitrogens with one attached hydrogen (secondary N) is 1. The molecule has 0 amide bonds. The molecule has 5 heteroatoms. The van der Waals surface area contributed by atoms with Crippen LogP contribution in [0.3, 0.4) is 0 Å². The second-order valence-corrected chi connectivity index (χ2v) is 4.88. The van der Waals surface area contributed by atoms with Crippen LogP contribution in [0.2, 0.25) is 0 Å². The highest BCUT2D eigenvalue weighted by Crippen LogP contribution is 2.33. The van der Waals surface area contributed by atoms with E-state index in [4.69, 9.17) is 4.74 Å². The fraction of sp³-hybridized carbons (Fsp3) is 0.571. The van der Waals surface area contributed by atoms with Crippen LogP contribution >= 0.6 is 0 Å². The van der Waals surface area contributed by atoms with E-state index in [1.165, 1.54) is 0 Å². The number of rotatable bonds is 6. The van der Waals surface area contributed by atoms with Gasteiger partial charge in [-0.2, -0.15) is 0 Å². The van der Waals surface area contributed by atoms with Gasteiger partial charge in [-0.05, 0) is 37.4 Å². The van der Waals surface area contributed by atoms with Crippen molar-refractivity contribution in [3.05, 3.63) is 33.9 Å². The third-order valence-corrected chi connectivity index (χ3v) is 3.51. The van der Waals surface area contributed by atoms with Crippen LogP contribution in [0, 0.1) is 10.1 Å². The predicted octanol–water partition coefficient (Wildman–Crippen LogP) is 2.68. The van der Waals surface area contributed by atoms with E-state index in [0.717, 1.165) is 31.4 Å². The monoisotopic (exact) mass is 264 g/mol. The van der Waals surface area contributed by atoms with Crippen molar-refractivity contribution in [2.24, 2.45) is 0 Å². The Morgan fingerprint density at radius 1 is 1.42 bits per heavy atom. The summed E-state index contributed by atoms with van der Waals surface area (Å²) in [5.41, 5.74) is 1.03. The van der Waals surface area contributed by atoms with Crippen LogP contribution in [0.1, 0.15) is 32.3 Å². The summed E-state index contributed by atoms with van der Waals surface area (Å²) in [6, 6.07) is 5.71. The molecule has 5 nitrogen and oxygen atoms in total. The summed E-state index contributed by atoms with van der Waals surface area (Å²) in [6.45, 7) is 5.00. The van der Waals surface area contributed by atoms with Gasteiger partial charge in [0.25, 0.3) is 0 Å². The predicted molar refractivity (Wildman–Crippen MR) is 73.6 cm³/mol. The van der Waals surface area contributed by atoms with Gasteiger partial charge < -0.3 is 10.1 Å². The molecular formula is C14H20N2O3. The summed E-state index contributed by atoms with van der Waals surface area (Å²) >= 11 is 0. The number of benzene rings is 1. The summed E-state index contributed by atoms with van der Waals surface area (Å²) in [5, 5.41) is 14.4. The van der Waals surface area contributed by atoms with E-state index in [0.29, 0.717) is 11.8 Å². The summed E-state index contributed by atoms with van der Waals surface area (Å²) in [6.07, 6.45) is 2.71. The molecule has 0 atom stereocenters. The Labute approximate surface area is 113 Å². The van der Waals surface area contributed by atoms with Crippen molar-refractivity contribution in [1.29, 1.82) is 0 Å². The number of nitro benzene ring substituents is 1. The maximum atomic E-state index is 11.1. The second-order valence-electron chi connectivity index (χ2n) is 4.88. The molecule has 1 aromatic carbocycles. The van der Waals surface area contributed by atoms with Gasteiger partial charge in [-0.3, -0.25) is 10.1 Å².